The van der Waals surface area contributed by atoms with Crippen molar-refractivity contribution in [3.05, 3.63) is 53.9 Å². The summed E-state index contributed by atoms with van der Waals surface area (Å²) in [6.45, 7) is 0.174. The fourth-order valence-electron chi connectivity index (χ4n) is 2.40. The SMILES string of the molecule is Cn1cccc1CN(C1CC1)S(=O)(=O)c1ccc(F)cc1F. The molecule has 0 amide bonds. The van der Waals surface area contributed by atoms with E-state index in [1.807, 2.05) is 29.9 Å². The number of benzene rings is 1. The van der Waals surface area contributed by atoms with Crippen molar-refractivity contribution in [2.45, 2.75) is 30.3 Å². The predicted molar refractivity (Wildman–Crippen MR) is 77.5 cm³/mol. The molecule has 1 aliphatic carbocycles. The van der Waals surface area contributed by atoms with Crippen molar-refractivity contribution in [1.29, 1.82) is 0 Å². The van der Waals surface area contributed by atoms with Crippen LogP contribution in [0.3, 0.4) is 0 Å². The van der Waals surface area contributed by atoms with Crippen LogP contribution in [0.15, 0.2) is 41.4 Å². The Labute approximate surface area is 128 Å². The van der Waals surface area contributed by atoms with Gasteiger partial charge in [0.2, 0.25) is 10.0 Å². The Morgan fingerprint density at radius 3 is 2.55 bits per heavy atom. The molecule has 0 radical (unpaired) electrons. The zero-order valence-corrected chi connectivity index (χ0v) is 12.9. The molecule has 1 heterocycles. The maximum atomic E-state index is 13.9. The van der Waals surface area contributed by atoms with E-state index in [1.54, 1.807) is 0 Å². The first kappa shape index (κ1) is 15.2. The minimum absolute atomic E-state index is 0.121. The second-order valence-corrected chi connectivity index (χ2v) is 7.33. The topological polar surface area (TPSA) is 42.3 Å². The van der Waals surface area contributed by atoms with E-state index in [1.165, 1.54) is 4.31 Å². The van der Waals surface area contributed by atoms with E-state index in [0.717, 1.165) is 30.7 Å². The number of nitrogens with zero attached hydrogens (tertiary/aromatic N) is 2. The van der Waals surface area contributed by atoms with Crippen molar-refractivity contribution in [3.63, 3.8) is 0 Å². The Morgan fingerprint density at radius 1 is 1.27 bits per heavy atom. The molecule has 0 atom stereocenters. The summed E-state index contributed by atoms with van der Waals surface area (Å²) in [5, 5.41) is 0. The molecular weight excluding hydrogens is 310 g/mol. The lowest BCUT2D eigenvalue weighted by Gasteiger charge is -2.22. The lowest BCUT2D eigenvalue weighted by atomic mass is 10.3. The maximum absolute atomic E-state index is 13.9. The van der Waals surface area contributed by atoms with Crippen LogP contribution in [-0.4, -0.2) is 23.3 Å². The van der Waals surface area contributed by atoms with E-state index >= 15 is 0 Å². The largest absolute Gasteiger partial charge is 0.353 e. The van der Waals surface area contributed by atoms with E-state index in [2.05, 4.69) is 0 Å². The summed E-state index contributed by atoms with van der Waals surface area (Å²) in [5.41, 5.74) is 0.818. The number of sulfonamides is 1. The average molecular weight is 326 g/mol. The monoisotopic (exact) mass is 326 g/mol. The van der Waals surface area contributed by atoms with Crippen molar-refractivity contribution < 1.29 is 17.2 Å². The molecule has 0 aliphatic heterocycles. The normalized spacial score (nSPS) is 15.5. The van der Waals surface area contributed by atoms with E-state index < -0.39 is 26.6 Å². The summed E-state index contributed by atoms with van der Waals surface area (Å²) < 4.78 is 55.5. The number of aryl methyl sites for hydroxylation is 1. The van der Waals surface area contributed by atoms with Gasteiger partial charge >= 0.3 is 0 Å². The van der Waals surface area contributed by atoms with E-state index in [9.17, 15) is 17.2 Å². The van der Waals surface area contributed by atoms with Gasteiger partial charge in [-0.15, -0.1) is 0 Å². The third kappa shape index (κ3) is 2.78. The highest BCUT2D eigenvalue weighted by molar-refractivity contribution is 7.89. The Morgan fingerprint density at radius 2 is 2.00 bits per heavy atom. The summed E-state index contributed by atoms with van der Waals surface area (Å²) in [6.07, 6.45) is 3.34. The minimum Gasteiger partial charge on any atom is -0.353 e. The number of aromatic nitrogens is 1. The first-order chi connectivity index (χ1) is 10.4. The molecule has 22 heavy (non-hydrogen) atoms. The van der Waals surface area contributed by atoms with Gasteiger partial charge in [-0.2, -0.15) is 4.31 Å². The van der Waals surface area contributed by atoms with Crippen molar-refractivity contribution in [2.75, 3.05) is 0 Å². The van der Waals surface area contributed by atoms with Gasteiger partial charge in [-0.25, -0.2) is 17.2 Å². The molecule has 1 saturated carbocycles. The van der Waals surface area contributed by atoms with Crippen LogP contribution in [0.5, 0.6) is 0 Å². The number of halogens is 2. The second-order valence-electron chi connectivity index (χ2n) is 5.47. The van der Waals surface area contributed by atoms with Crippen LogP contribution in [0.2, 0.25) is 0 Å². The first-order valence-corrected chi connectivity index (χ1v) is 8.40. The predicted octanol–water partition coefficient (Wildman–Crippen LogP) is 2.66. The van der Waals surface area contributed by atoms with Crippen molar-refractivity contribution in [2.24, 2.45) is 7.05 Å². The van der Waals surface area contributed by atoms with Gasteiger partial charge < -0.3 is 4.57 Å². The lowest BCUT2D eigenvalue weighted by Crippen LogP contribution is -2.33. The molecule has 3 rings (SSSR count). The number of hydrogen-bond acceptors (Lipinski definition) is 2. The Bertz CT molecular complexity index is 798. The second kappa shape index (κ2) is 5.48. The Hall–Kier alpha value is -1.73. The van der Waals surface area contributed by atoms with Crippen LogP contribution < -0.4 is 0 Å². The standard InChI is InChI=1S/C15H16F2N2O2S/c1-18-8-2-3-13(18)10-19(12-5-6-12)22(20,21)15-7-4-11(16)9-14(15)17/h2-4,7-9,12H,5-6,10H2,1H3. The molecule has 1 aromatic carbocycles. The summed E-state index contributed by atoms with van der Waals surface area (Å²) in [7, 11) is -2.17. The smallest absolute Gasteiger partial charge is 0.246 e. The van der Waals surface area contributed by atoms with Gasteiger partial charge in [-0.3, -0.25) is 0 Å². The van der Waals surface area contributed by atoms with E-state index in [0.29, 0.717) is 6.07 Å². The number of rotatable bonds is 5. The van der Waals surface area contributed by atoms with E-state index in [-0.39, 0.29) is 12.6 Å². The Balaban J connectivity index is 1.98. The van der Waals surface area contributed by atoms with Gasteiger partial charge in [0.1, 0.15) is 16.5 Å². The van der Waals surface area contributed by atoms with Gasteiger partial charge in [-0.05, 0) is 37.1 Å². The third-order valence-electron chi connectivity index (χ3n) is 3.80. The highest BCUT2D eigenvalue weighted by Gasteiger charge is 2.39. The van der Waals surface area contributed by atoms with Gasteiger partial charge in [0.25, 0.3) is 0 Å². The highest BCUT2D eigenvalue weighted by Crippen LogP contribution is 2.34. The third-order valence-corrected chi connectivity index (χ3v) is 5.74. The molecular formula is C15H16F2N2O2S. The van der Waals surface area contributed by atoms with Gasteiger partial charge in [0, 0.05) is 31.0 Å². The highest BCUT2D eigenvalue weighted by atomic mass is 32.2. The van der Waals surface area contributed by atoms with E-state index in [4.69, 9.17) is 0 Å². The van der Waals surface area contributed by atoms with Gasteiger partial charge in [0.05, 0.1) is 6.54 Å². The number of hydrogen-bond donors (Lipinski definition) is 0. The van der Waals surface area contributed by atoms with Gasteiger partial charge in [-0.1, -0.05) is 0 Å². The molecule has 7 heteroatoms. The summed E-state index contributed by atoms with van der Waals surface area (Å²) in [6, 6.07) is 6.08. The molecule has 0 bridgehead atoms. The zero-order chi connectivity index (χ0) is 15.9. The van der Waals surface area contributed by atoms with Crippen molar-refractivity contribution >= 4 is 10.0 Å². The van der Waals surface area contributed by atoms with Crippen LogP contribution in [-0.2, 0) is 23.6 Å². The first-order valence-electron chi connectivity index (χ1n) is 6.96. The summed E-state index contributed by atoms with van der Waals surface area (Å²) in [4.78, 5) is -0.477. The zero-order valence-electron chi connectivity index (χ0n) is 12.0. The molecule has 1 fully saturated rings. The molecule has 1 aromatic heterocycles. The van der Waals surface area contributed by atoms with Crippen LogP contribution in [0.4, 0.5) is 8.78 Å². The molecule has 0 spiro atoms. The molecule has 2 aromatic rings. The lowest BCUT2D eigenvalue weighted by molar-refractivity contribution is 0.387. The van der Waals surface area contributed by atoms with Crippen LogP contribution in [0.1, 0.15) is 18.5 Å². The maximum Gasteiger partial charge on any atom is 0.246 e. The Kier molecular flexibility index (Phi) is 3.78. The molecule has 118 valence electrons. The van der Waals surface area contributed by atoms with Crippen LogP contribution in [0.25, 0.3) is 0 Å². The molecule has 4 nitrogen and oxygen atoms in total. The summed E-state index contributed by atoms with van der Waals surface area (Å²) in [5.74, 6) is -1.85. The minimum atomic E-state index is -4.00. The van der Waals surface area contributed by atoms with Crippen molar-refractivity contribution in [3.8, 4) is 0 Å². The molecule has 1 aliphatic rings. The molecule has 0 N–H and O–H groups in total. The van der Waals surface area contributed by atoms with Crippen LogP contribution in [0, 0.1) is 11.6 Å². The fourth-order valence-corrected chi connectivity index (χ4v) is 4.11. The van der Waals surface area contributed by atoms with Crippen LogP contribution >= 0.6 is 0 Å². The summed E-state index contributed by atoms with van der Waals surface area (Å²) >= 11 is 0. The van der Waals surface area contributed by atoms with Gasteiger partial charge in [0.15, 0.2) is 0 Å². The average Bonchev–Trinajstić information content (AvgIpc) is 3.19. The quantitative estimate of drug-likeness (QED) is 0.848. The molecule has 0 unspecified atom stereocenters. The fraction of sp³-hybridized carbons (Fsp3) is 0.333. The molecule has 0 saturated heterocycles. The van der Waals surface area contributed by atoms with Crippen molar-refractivity contribution in [1.82, 2.24) is 8.87 Å².